The van der Waals surface area contributed by atoms with E-state index in [0.717, 1.165) is 11.1 Å². The summed E-state index contributed by atoms with van der Waals surface area (Å²) in [5.41, 5.74) is 1.62. The van der Waals surface area contributed by atoms with Gasteiger partial charge in [0, 0.05) is 18.1 Å². The van der Waals surface area contributed by atoms with Crippen LogP contribution < -0.4 is 14.8 Å². The van der Waals surface area contributed by atoms with Gasteiger partial charge in [-0.25, -0.2) is 13.1 Å². The van der Waals surface area contributed by atoms with E-state index in [1.54, 1.807) is 12.1 Å². The summed E-state index contributed by atoms with van der Waals surface area (Å²) in [6.07, 6.45) is 0. The largest absolute Gasteiger partial charge is 0.482 e. The van der Waals surface area contributed by atoms with Gasteiger partial charge in [0.25, 0.3) is 5.91 Å². The van der Waals surface area contributed by atoms with Crippen molar-refractivity contribution in [3.8, 4) is 5.75 Å². The van der Waals surface area contributed by atoms with Crippen LogP contribution in [0.15, 0.2) is 77.7 Å². The summed E-state index contributed by atoms with van der Waals surface area (Å²) >= 11 is 12.2. The Morgan fingerprint density at radius 3 is 2.29 bits per heavy atom. The highest BCUT2D eigenvalue weighted by molar-refractivity contribution is 7.89. The Morgan fingerprint density at radius 2 is 1.58 bits per heavy atom. The van der Waals surface area contributed by atoms with Crippen LogP contribution >= 0.6 is 23.2 Å². The van der Waals surface area contributed by atoms with Crippen LogP contribution in [0.3, 0.4) is 0 Å². The molecule has 2 N–H and O–H groups in total. The van der Waals surface area contributed by atoms with Crippen LogP contribution in [0, 0.1) is 0 Å². The van der Waals surface area contributed by atoms with Crippen molar-refractivity contribution in [3.63, 3.8) is 0 Å². The van der Waals surface area contributed by atoms with Crippen LogP contribution in [-0.2, 0) is 27.9 Å². The molecule has 0 radical (unpaired) electrons. The highest BCUT2D eigenvalue weighted by atomic mass is 35.5. The molecule has 0 aromatic heterocycles. The van der Waals surface area contributed by atoms with Crippen molar-refractivity contribution in [2.24, 2.45) is 0 Å². The maximum Gasteiger partial charge on any atom is 0.258 e. The van der Waals surface area contributed by atoms with Gasteiger partial charge in [0.1, 0.15) is 5.75 Å². The number of carbonyl (C=O) groups excluding carboxylic acids is 1. The number of sulfonamides is 1. The molecule has 1 amide bonds. The summed E-state index contributed by atoms with van der Waals surface area (Å²) in [5.74, 6) is -0.159. The molecule has 3 aromatic rings. The van der Waals surface area contributed by atoms with Gasteiger partial charge in [-0.2, -0.15) is 0 Å². The van der Waals surface area contributed by atoms with E-state index in [-0.39, 0.29) is 41.3 Å². The fraction of sp³-hybridized carbons (Fsp3) is 0.136. The van der Waals surface area contributed by atoms with Crippen molar-refractivity contribution in [2.45, 2.75) is 18.0 Å². The Morgan fingerprint density at radius 1 is 0.871 bits per heavy atom. The van der Waals surface area contributed by atoms with Crippen LogP contribution in [0.1, 0.15) is 11.1 Å². The lowest BCUT2D eigenvalue weighted by molar-refractivity contribution is -0.123. The summed E-state index contributed by atoms with van der Waals surface area (Å²) in [6.45, 7) is 0.146. The zero-order valence-electron chi connectivity index (χ0n) is 16.3. The predicted molar refractivity (Wildman–Crippen MR) is 121 cm³/mol. The van der Waals surface area contributed by atoms with Gasteiger partial charge in [-0.05, 0) is 35.4 Å². The van der Waals surface area contributed by atoms with Gasteiger partial charge < -0.3 is 10.1 Å². The van der Waals surface area contributed by atoms with Crippen LogP contribution in [0.5, 0.6) is 5.75 Å². The second-order valence-electron chi connectivity index (χ2n) is 6.56. The lowest BCUT2D eigenvalue weighted by atomic mass is 10.2. The van der Waals surface area contributed by atoms with Gasteiger partial charge in [-0.1, -0.05) is 71.7 Å². The van der Waals surface area contributed by atoms with E-state index in [1.165, 1.54) is 18.2 Å². The summed E-state index contributed by atoms with van der Waals surface area (Å²) in [5, 5.41) is 3.34. The molecule has 162 valence electrons. The molecule has 6 nitrogen and oxygen atoms in total. The van der Waals surface area contributed by atoms with Crippen LogP contribution in [0.4, 0.5) is 0 Å². The van der Waals surface area contributed by atoms with Gasteiger partial charge in [-0.15, -0.1) is 0 Å². The molecule has 0 heterocycles. The zero-order valence-corrected chi connectivity index (χ0v) is 18.7. The minimum absolute atomic E-state index is 0.00366. The third-order valence-electron chi connectivity index (χ3n) is 4.32. The molecule has 0 saturated heterocycles. The molecule has 3 aromatic carbocycles. The number of rotatable bonds is 9. The Bertz CT molecular complexity index is 1160. The highest BCUT2D eigenvalue weighted by Crippen LogP contribution is 2.27. The van der Waals surface area contributed by atoms with Crippen molar-refractivity contribution >= 4 is 39.1 Å². The zero-order chi connectivity index (χ0) is 22.3. The van der Waals surface area contributed by atoms with Crippen molar-refractivity contribution in [1.82, 2.24) is 10.0 Å². The topological polar surface area (TPSA) is 84.5 Å². The molecule has 0 fully saturated rings. The number of hydrogen-bond acceptors (Lipinski definition) is 4. The second-order valence-corrected chi connectivity index (χ2v) is 9.14. The predicted octanol–water partition coefficient (Wildman–Crippen LogP) is 4.17. The highest BCUT2D eigenvalue weighted by Gasteiger charge is 2.16. The van der Waals surface area contributed by atoms with E-state index in [0.29, 0.717) is 5.02 Å². The summed E-state index contributed by atoms with van der Waals surface area (Å²) in [7, 11) is -3.75. The number of carbonyl (C=O) groups is 1. The minimum atomic E-state index is -3.75. The molecule has 3 rings (SSSR count). The van der Waals surface area contributed by atoms with Crippen molar-refractivity contribution in [1.29, 1.82) is 0 Å². The molecule has 31 heavy (non-hydrogen) atoms. The van der Waals surface area contributed by atoms with Gasteiger partial charge in [0.2, 0.25) is 10.0 Å². The Balaban J connectivity index is 1.55. The van der Waals surface area contributed by atoms with Crippen LogP contribution in [0.25, 0.3) is 0 Å². The minimum Gasteiger partial charge on any atom is -0.482 e. The quantitative estimate of drug-likeness (QED) is 0.483. The lowest BCUT2D eigenvalue weighted by Crippen LogP contribution is -2.28. The van der Waals surface area contributed by atoms with Gasteiger partial charge in [-0.3, -0.25) is 4.79 Å². The number of hydrogen-bond donors (Lipinski definition) is 2. The molecule has 0 bridgehead atoms. The smallest absolute Gasteiger partial charge is 0.258 e. The average molecular weight is 479 g/mol. The van der Waals surface area contributed by atoms with Gasteiger partial charge in [0.05, 0.1) is 9.92 Å². The third kappa shape index (κ3) is 6.70. The molecular formula is C22H20Cl2N2O4S. The first kappa shape index (κ1) is 23.1. The fourth-order valence-electron chi connectivity index (χ4n) is 2.65. The molecule has 0 saturated carbocycles. The third-order valence-corrected chi connectivity index (χ3v) is 6.38. The average Bonchev–Trinajstić information content (AvgIpc) is 2.77. The van der Waals surface area contributed by atoms with E-state index >= 15 is 0 Å². The first-order chi connectivity index (χ1) is 14.8. The fourth-order valence-corrected chi connectivity index (χ4v) is 4.20. The number of halogens is 2. The van der Waals surface area contributed by atoms with E-state index in [1.807, 2.05) is 42.5 Å². The Labute approximate surface area is 191 Å². The summed E-state index contributed by atoms with van der Waals surface area (Å²) in [4.78, 5) is 12.0. The first-order valence-corrected chi connectivity index (χ1v) is 11.5. The van der Waals surface area contributed by atoms with E-state index in [2.05, 4.69) is 10.0 Å². The van der Waals surface area contributed by atoms with Crippen molar-refractivity contribution < 1.29 is 17.9 Å². The molecule has 0 aliphatic heterocycles. The standard InChI is InChI=1S/C22H20Cl2N2O4S/c23-19-9-5-4-8-17(19)14-25-22(27)15-30-21-11-10-18(12-20(21)24)31(28,29)26-13-16-6-2-1-3-7-16/h1-12,26H,13-15H2,(H,25,27). The Kier molecular flexibility index (Phi) is 7.92. The van der Waals surface area contributed by atoms with E-state index < -0.39 is 10.0 Å². The van der Waals surface area contributed by atoms with Gasteiger partial charge >= 0.3 is 0 Å². The lowest BCUT2D eigenvalue weighted by Gasteiger charge is -2.11. The normalized spacial score (nSPS) is 11.2. The van der Waals surface area contributed by atoms with Crippen molar-refractivity contribution in [3.05, 3.63) is 94.0 Å². The van der Waals surface area contributed by atoms with Crippen LogP contribution in [0.2, 0.25) is 10.0 Å². The number of ether oxygens (including phenoxy) is 1. The number of amides is 1. The van der Waals surface area contributed by atoms with Crippen molar-refractivity contribution in [2.75, 3.05) is 6.61 Å². The summed E-state index contributed by atoms with van der Waals surface area (Å²) in [6, 6.07) is 20.4. The molecule has 0 unspecified atom stereocenters. The molecule has 0 aliphatic carbocycles. The second kappa shape index (κ2) is 10.6. The number of benzene rings is 3. The molecule has 0 aliphatic rings. The maximum absolute atomic E-state index is 12.5. The molecule has 9 heteroatoms. The molecule has 0 atom stereocenters. The first-order valence-electron chi connectivity index (χ1n) is 9.31. The maximum atomic E-state index is 12.5. The SMILES string of the molecule is O=C(COc1ccc(S(=O)(=O)NCc2ccccc2)cc1Cl)NCc1ccccc1Cl. The molecular weight excluding hydrogens is 459 g/mol. The van der Waals surface area contributed by atoms with E-state index in [9.17, 15) is 13.2 Å². The Hall–Kier alpha value is -2.58. The molecule has 0 spiro atoms. The summed E-state index contributed by atoms with van der Waals surface area (Å²) < 4.78 is 32.9. The monoisotopic (exact) mass is 478 g/mol. The van der Waals surface area contributed by atoms with Gasteiger partial charge in [0.15, 0.2) is 6.61 Å². The number of nitrogens with one attached hydrogen (secondary N) is 2. The van der Waals surface area contributed by atoms with E-state index in [4.69, 9.17) is 27.9 Å². The van der Waals surface area contributed by atoms with Crippen LogP contribution in [-0.4, -0.2) is 20.9 Å².